The zero-order valence-electron chi connectivity index (χ0n) is 19.3. The van der Waals surface area contributed by atoms with E-state index in [0.717, 1.165) is 27.2 Å². The Morgan fingerprint density at radius 1 is 1.17 bits per heavy atom. The molecule has 1 saturated heterocycles. The summed E-state index contributed by atoms with van der Waals surface area (Å²) in [5.74, 6) is -0.138. The topological polar surface area (TPSA) is 103 Å². The molecule has 2 amide bonds. The highest BCUT2D eigenvalue weighted by Crippen LogP contribution is 2.30. The maximum Gasteiger partial charge on any atom is 0.410 e. The van der Waals surface area contributed by atoms with E-state index in [9.17, 15) is 9.59 Å². The van der Waals surface area contributed by atoms with Gasteiger partial charge in [0.1, 0.15) is 6.61 Å². The molecule has 0 radical (unpaired) electrons. The number of carbonyl (C=O) groups excluding carboxylic acids is 2. The molecule has 1 aliphatic heterocycles. The van der Waals surface area contributed by atoms with Gasteiger partial charge in [0.05, 0.1) is 17.1 Å². The van der Waals surface area contributed by atoms with Gasteiger partial charge in [0.25, 0.3) is 0 Å². The second-order valence-corrected chi connectivity index (χ2v) is 9.57. The van der Waals surface area contributed by atoms with Crippen molar-refractivity contribution in [3.63, 3.8) is 0 Å². The number of carbonyl (C=O) groups is 2. The van der Waals surface area contributed by atoms with Crippen molar-refractivity contribution in [1.82, 2.24) is 24.8 Å². The number of fused-ring (bicyclic) bond motifs is 1. The van der Waals surface area contributed by atoms with E-state index in [1.54, 1.807) is 17.3 Å². The molecule has 0 aliphatic carbocycles. The van der Waals surface area contributed by atoms with Gasteiger partial charge in [-0.3, -0.25) is 19.6 Å². The molecule has 1 unspecified atom stereocenters. The minimum atomic E-state index is -0.337. The Morgan fingerprint density at radius 2 is 2.03 bits per heavy atom. The van der Waals surface area contributed by atoms with Crippen LogP contribution < -0.4 is 5.32 Å². The Morgan fingerprint density at radius 3 is 2.83 bits per heavy atom. The molecule has 1 aliphatic rings. The van der Waals surface area contributed by atoms with Gasteiger partial charge >= 0.3 is 6.09 Å². The second kappa shape index (κ2) is 10.2. The molecular formula is C25H26N6O3S. The number of anilines is 1. The highest BCUT2D eigenvalue weighted by molar-refractivity contribution is 7.15. The van der Waals surface area contributed by atoms with Crippen molar-refractivity contribution in [3.8, 4) is 0 Å². The Hall–Kier alpha value is -3.76. The molecule has 2 N–H and O–H groups in total. The Labute approximate surface area is 206 Å². The van der Waals surface area contributed by atoms with Crippen molar-refractivity contribution >= 4 is 39.5 Å². The number of hydrogen-bond donors (Lipinski definition) is 2. The summed E-state index contributed by atoms with van der Waals surface area (Å²) < 4.78 is 5.68. The summed E-state index contributed by atoms with van der Waals surface area (Å²) in [5.41, 5.74) is 3.66. The van der Waals surface area contributed by atoms with Crippen LogP contribution in [-0.4, -0.2) is 56.4 Å². The average molecular weight is 491 g/mol. The predicted molar refractivity (Wildman–Crippen MR) is 134 cm³/mol. The summed E-state index contributed by atoms with van der Waals surface area (Å²) in [4.78, 5) is 41.8. The Balaban J connectivity index is 1.33. The summed E-state index contributed by atoms with van der Waals surface area (Å²) in [6.07, 6.45) is 3.21. The third-order valence-corrected chi connectivity index (χ3v) is 6.79. The Bertz CT molecular complexity index is 1290. The molecule has 180 valence electrons. The van der Waals surface area contributed by atoms with Crippen LogP contribution in [0.3, 0.4) is 0 Å². The van der Waals surface area contributed by atoms with Gasteiger partial charge in [-0.1, -0.05) is 30.3 Å². The lowest BCUT2D eigenvalue weighted by Gasteiger charge is -2.40. The number of aromatic amines is 1. The van der Waals surface area contributed by atoms with Gasteiger partial charge in [-0.15, -0.1) is 11.3 Å². The molecule has 5 rings (SSSR count). The maximum atomic E-state index is 13.1. The number of nitrogens with one attached hydrogen (secondary N) is 2. The fraction of sp³-hybridized carbons (Fsp3) is 0.280. The summed E-state index contributed by atoms with van der Waals surface area (Å²) >= 11 is 1.46. The van der Waals surface area contributed by atoms with Crippen LogP contribution in [0.15, 0.2) is 60.9 Å². The SMILES string of the molecule is CC(=O)Nc1ncc(CN2CCN(C(=O)OCc3ccccc3)C(c3cc4ncccc4[nH]3)C2)s1. The van der Waals surface area contributed by atoms with Crippen LogP contribution in [0, 0.1) is 0 Å². The van der Waals surface area contributed by atoms with Crippen molar-refractivity contribution in [2.24, 2.45) is 0 Å². The normalized spacial score (nSPS) is 16.4. The zero-order chi connectivity index (χ0) is 24.2. The van der Waals surface area contributed by atoms with E-state index in [1.807, 2.05) is 48.5 Å². The third-order valence-electron chi connectivity index (χ3n) is 5.89. The van der Waals surface area contributed by atoms with E-state index < -0.39 is 0 Å². The standard InChI is InChI=1S/C25H26N6O3S/c1-17(32)28-24-27-13-19(35-24)14-30-10-11-31(25(33)34-16-18-6-3-2-4-7-18)23(15-30)22-12-21-20(29-22)8-5-9-26-21/h2-9,12-13,23,29H,10-11,14-16H2,1H3,(H,27,28,32). The van der Waals surface area contributed by atoms with E-state index in [0.29, 0.717) is 31.3 Å². The summed E-state index contributed by atoms with van der Waals surface area (Å²) in [7, 11) is 0. The minimum Gasteiger partial charge on any atom is -0.445 e. The van der Waals surface area contributed by atoms with Crippen LogP contribution >= 0.6 is 11.3 Å². The lowest BCUT2D eigenvalue weighted by molar-refractivity contribution is -0.114. The number of piperazine rings is 1. The van der Waals surface area contributed by atoms with Crippen molar-refractivity contribution in [2.75, 3.05) is 25.0 Å². The molecule has 1 atom stereocenters. The van der Waals surface area contributed by atoms with Crippen LogP contribution in [0.1, 0.15) is 29.1 Å². The van der Waals surface area contributed by atoms with Crippen molar-refractivity contribution in [1.29, 1.82) is 0 Å². The third kappa shape index (κ3) is 5.50. The number of nitrogens with zero attached hydrogens (tertiary/aromatic N) is 4. The van der Waals surface area contributed by atoms with Crippen molar-refractivity contribution < 1.29 is 14.3 Å². The molecular weight excluding hydrogens is 464 g/mol. The second-order valence-electron chi connectivity index (χ2n) is 8.46. The average Bonchev–Trinajstić information content (AvgIpc) is 3.49. The first kappa shape index (κ1) is 23.0. The fourth-order valence-corrected chi connectivity index (χ4v) is 5.14. The molecule has 1 fully saturated rings. The number of pyridine rings is 1. The van der Waals surface area contributed by atoms with E-state index in [4.69, 9.17) is 4.74 Å². The monoisotopic (exact) mass is 490 g/mol. The minimum absolute atomic E-state index is 0.138. The largest absolute Gasteiger partial charge is 0.445 e. The smallest absolute Gasteiger partial charge is 0.410 e. The molecule has 0 bridgehead atoms. The van der Waals surface area contributed by atoms with Gasteiger partial charge < -0.3 is 15.0 Å². The van der Waals surface area contributed by atoms with Crippen molar-refractivity contribution in [3.05, 3.63) is 77.1 Å². The van der Waals surface area contributed by atoms with E-state index >= 15 is 0 Å². The number of thiazole rings is 1. The van der Waals surface area contributed by atoms with Gasteiger partial charge in [-0.25, -0.2) is 9.78 Å². The van der Waals surface area contributed by atoms with Crippen LogP contribution in [0.5, 0.6) is 0 Å². The number of aromatic nitrogens is 3. The van der Waals surface area contributed by atoms with Gasteiger partial charge in [0.15, 0.2) is 5.13 Å². The van der Waals surface area contributed by atoms with Crippen LogP contribution in [0.25, 0.3) is 11.0 Å². The number of ether oxygens (including phenoxy) is 1. The summed E-state index contributed by atoms with van der Waals surface area (Å²) in [6.45, 7) is 4.23. The molecule has 35 heavy (non-hydrogen) atoms. The van der Waals surface area contributed by atoms with E-state index in [2.05, 4.69) is 25.2 Å². The Kier molecular flexibility index (Phi) is 6.73. The van der Waals surface area contributed by atoms with Gasteiger partial charge in [-0.2, -0.15) is 0 Å². The molecule has 4 heterocycles. The zero-order valence-corrected chi connectivity index (χ0v) is 20.1. The highest BCUT2D eigenvalue weighted by atomic mass is 32.1. The molecule has 0 saturated carbocycles. The van der Waals surface area contributed by atoms with Crippen LogP contribution in [0.2, 0.25) is 0 Å². The van der Waals surface area contributed by atoms with Gasteiger partial charge in [0, 0.05) is 56.1 Å². The highest BCUT2D eigenvalue weighted by Gasteiger charge is 2.34. The number of benzene rings is 1. The fourth-order valence-electron chi connectivity index (χ4n) is 4.24. The van der Waals surface area contributed by atoms with E-state index in [1.165, 1.54) is 18.3 Å². The number of amides is 2. The van der Waals surface area contributed by atoms with Gasteiger partial charge in [-0.05, 0) is 23.8 Å². The maximum absolute atomic E-state index is 13.1. The molecule has 0 spiro atoms. The number of hydrogen-bond acceptors (Lipinski definition) is 7. The predicted octanol–water partition coefficient (Wildman–Crippen LogP) is 4.17. The summed E-state index contributed by atoms with van der Waals surface area (Å²) in [6, 6.07) is 15.3. The van der Waals surface area contributed by atoms with Crippen molar-refractivity contribution in [2.45, 2.75) is 26.1 Å². The van der Waals surface area contributed by atoms with Crippen LogP contribution in [0.4, 0.5) is 9.93 Å². The summed E-state index contributed by atoms with van der Waals surface area (Å²) in [5, 5.41) is 3.32. The first-order valence-electron chi connectivity index (χ1n) is 11.4. The molecule has 9 nitrogen and oxygen atoms in total. The molecule has 4 aromatic rings. The van der Waals surface area contributed by atoms with Crippen LogP contribution in [-0.2, 0) is 22.7 Å². The van der Waals surface area contributed by atoms with Gasteiger partial charge in [0.2, 0.25) is 5.91 Å². The molecule has 1 aromatic carbocycles. The quantitative estimate of drug-likeness (QED) is 0.420. The molecule has 3 aromatic heterocycles. The lowest BCUT2D eigenvalue weighted by atomic mass is 10.1. The number of rotatable bonds is 6. The lowest BCUT2D eigenvalue weighted by Crippen LogP contribution is -2.50. The van der Waals surface area contributed by atoms with E-state index in [-0.39, 0.29) is 24.6 Å². The first-order chi connectivity index (χ1) is 17.0. The number of H-pyrrole nitrogens is 1. The first-order valence-corrected chi connectivity index (χ1v) is 12.2. The molecule has 10 heteroatoms.